The first-order valence-corrected chi connectivity index (χ1v) is 9.06. The highest BCUT2D eigenvalue weighted by Crippen LogP contribution is 2.26. The van der Waals surface area contributed by atoms with Crippen molar-refractivity contribution in [2.75, 3.05) is 11.9 Å². The fraction of sp³-hybridized carbons (Fsp3) is 0.167. The molecule has 0 atom stereocenters. The van der Waals surface area contributed by atoms with Crippen LogP contribution < -0.4 is 5.32 Å². The largest absolute Gasteiger partial charge is 0.454 e. The summed E-state index contributed by atoms with van der Waals surface area (Å²) in [5.41, 5.74) is 1.56. The normalized spacial score (nSPS) is 10.6. The van der Waals surface area contributed by atoms with E-state index in [0.717, 1.165) is 22.0 Å². The topological polar surface area (TPSA) is 99.0 Å². The Morgan fingerprint density at radius 3 is 2.62 bits per heavy atom. The van der Waals surface area contributed by atoms with Crippen molar-refractivity contribution in [3.05, 3.63) is 58.1 Å². The predicted octanol–water partition coefficient (Wildman–Crippen LogP) is 2.87. The zero-order chi connectivity index (χ0) is 21.0. The third-order valence-electron chi connectivity index (χ3n) is 3.67. The molecule has 0 aliphatic heterocycles. The molecule has 1 heterocycles. The van der Waals surface area contributed by atoms with Crippen molar-refractivity contribution in [3.63, 3.8) is 0 Å². The molecular weight excluding hydrogens is 452 g/mol. The van der Waals surface area contributed by atoms with Crippen molar-refractivity contribution in [2.45, 2.75) is 13.5 Å². The van der Waals surface area contributed by atoms with E-state index in [1.807, 2.05) is 31.2 Å². The molecule has 1 N–H and O–H groups in total. The lowest BCUT2D eigenvalue weighted by Gasteiger charge is -2.09. The van der Waals surface area contributed by atoms with Gasteiger partial charge in [-0.2, -0.15) is 4.80 Å². The molecule has 0 fully saturated rings. The number of ether oxygens (including phenoxy) is 1. The van der Waals surface area contributed by atoms with Crippen LogP contribution in [0.5, 0.6) is 0 Å². The van der Waals surface area contributed by atoms with Crippen LogP contribution in [0.4, 0.5) is 14.5 Å². The number of amides is 1. The van der Waals surface area contributed by atoms with Gasteiger partial charge in [0.25, 0.3) is 5.91 Å². The number of tetrazole rings is 1. The van der Waals surface area contributed by atoms with E-state index < -0.39 is 30.1 Å². The van der Waals surface area contributed by atoms with Crippen LogP contribution in [-0.4, -0.2) is 38.7 Å². The summed E-state index contributed by atoms with van der Waals surface area (Å²) in [5.74, 6) is -3.01. The first kappa shape index (κ1) is 20.5. The van der Waals surface area contributed by atoms with Gasteiger partial charge in [-0.05, 0) is 34.1 Å². The SMILES string of the molecule is Cc1ccc(-c2nnn(CC(=O)OCC(=O)Nc3c(F)cc(F)cc3Br)n2)cc1. The number of nitrogens with zero attached hydrogens (tertiary/aromatic N) is 4. The summed E-state index contributed by atoms with van der Waals surface area (Å²) in [5, 5.41) is 13.9. The Morgan fingerprint density at radius 2 is 1.93 bits per heavy atom. The summed E-state index contributed by atoms with van der Waals surface area (Å²) in [7, 11) is 0. The lowest BCUT2D eigenvalue weighted by molar-refractivity contribution is -0.148. The number of aryl methyl sites for hydroxylation is 1. The number of anilines is 1. The number of nitrogens with one attached hydrogen (secondary N) is 1. The summed E-state index contributed by atoms with van der Waals surface area (Å²) < 4.78 is 31.6. The van der Waals surface area contributed by atoms with E-state index in [4.69, 9.17) is 4.74 Å². The standard InChI is InChI=1S/C18H14BrF2N5O3/c1-10-2-4-11(5-3-10)18-23-25-26(24-18)8-16(28)29-9-15(27)22-17-13(19)6-12(20)7-14(17)21/h2-7H,8-9H2,1H3,(H,22,27). The van der Waals surface area contributed by atoms with Crippen LogP contribution in [0.2, 0.25) is 0 Å². The summed E-state index contributed by atoms with van der Waals surface area (Å²) in [6.45, 7) is 0.922. The van der Waals surface area contributed by atoms with Crippen LogP contribution in [0.25, 0.3) is 11.4 Å². The Bertz CT molecular complexity index is 1030. The summed E-state index contributed by atoms with van der Waals surface area (Å²) in [6, 6.07) is 9.05. The molecule has 0 radical (unpaired) electrons. The number of benzene rings is 2. The van der Waals surface area contributed by atoms with Gasteiger partial charge in [0.2, 0.25) is 5.82 Å². The van der Waals surface area contributed by atoms with E-state index in [9.17, 15) is 18.4 Å². The molecule has 1 aromatic heterocycles. The molecule has 2 aromatic carbocycles. The Labute approximate surface area is 172 Å². The van der Waals surface area contributed by atoms with Crippen molar-refractivity contribution in [2.24, 2.45) is 0 Å². The van der Waals surface area contributed by atoms with Gasteiger partial charge < -0.3 is 10.1 Å². The highest BCUT2D eigenvalue weighted by atomic mass is 79.9. The Balaban J connectivity index is 1.52. The minimum Gasteiger partial charge on any atom is -0.454 e. The summed E-state index contributed by atoms with van der Waals surface area (Å²) in [4.78, 5) is 24.8. The number of aromatic nitrogens is 4. The lowest BCUT2D eigenvalue weighted by atomic mass is 10.1. The first-order chi connectivity index (χ1) is 13.8. The average molecular weight is 466 g/mol. The van der Waals surface area contributed by atoms with Crippen LogP contribution in [-0.2, 0) is 20.9 Å². The monoisotopic (exact) mass is 465 g/mol. The third kappa shape index (κ3) is 5.41. The van der Waals surface area contributed by atoms with Crippen molar-refractivity contribution in [3.8, 4) is 11.4 Å². The van der Waals surface area contributed by atoms with Gasteiger partial charge in [0.05, 0.1) is 5.69 Å². The van der Waals surface area contributed by atoms with E-state index >= 15 is 0 Å². The molecule has 0 saturated carbocycles. The maximum atomic E-state index is 13.7. The maximum Gasteiger partial charge on any atom is 0.330 e. The predicted molar refractivity (Wildman–Crippen MR) is 102 cm³/mol. The Morgan fingerprint density at radius 1 is 1.21 bits per heavy atom. The Kier molecular flexibility index (Phi) is 6.27. The second-order valence-electron chi connectivity index (χ2n) is 5.96. The van der Waals surface area contributed by atoms with Gasteiger partial charge >= 0.3 is 5.97 Å². The van der Waals surface area contributed by atoms with Crippen molar-refractivity contribution in [1.82, 2.24) is 20.2 Å². The molecule has 3 rings (SSSR count). The number of carbonyl (C=O) groups is 2. The van der Waals surface area contributed by atoms with E-state index in [1.165, 1.54) is 0 Å². The number of esters is 1. The summed E-state index contributed by atoms with van der Waals surface area (Å²) >= 11 is 2.95. The molecular formula is C18H14BrF2N5O3. The minimum atomic E-state index is -0.966. The van der Waals surface area contributed by atoms with Gasteiger partial charge in [0, 0.05) is 16.1 Å². The second kappa shape index (κ2) is 8.86. The zero-order valence-corrected chi connectivity index (χ0v) is 16.6. The van der Waals surface area contributed by atoms with Crippen molar-refractivity contribution >= 4 is 33.5 Å². The van der Waals surface area contributed by atoms with Crippen LogP contribution >= 0.6 is 15.9 Å². The number of carbonyl (C=O) groups excluding carboxylic acids is 2. The lowest BCUT2D eigenvalue weighted by Crippen LogP contribution is -2.24. The molecule has 1 amide bonds. The fourth-order valence-electron chi connectivity index (χ4n) is 2.27. The number of hydrogen-bond acceptors (Lipinski definition) is 6. The molecule has 0 aliphatic carbocycles. The molecule has 150 valence electrons. The maximum absolute atomic E-state index is 13.7. The highest BCUT2D eigenvalue weighted by molar-refractivity contribution is 9.10. The molecule has 8 nitrogen and oxygen atoms in total. The highest BCUT2D eigenvalue weighted by Gasteiger charge is 2.15. The van der Waals surface area contributed by atoms with Gasteiger partial charge in [0.15, 0.2) is 19.0 Å². The second-order valence-corrected chi connectivity index (χ2v) is 6.82. The third-order valence-corrected chi connectivity index (χ3v) is 4.29. The van der Waals surface area contributed by atoms with E-state index in [-0.39, 0.29) is 16.7 Å². The van der Waals surface area contributed by atoms with Crippen LogP contribution in [0, 0.1) is 18.6 Å². The van der Waals surface area contributed by atoms with Gasteiger partial charge in [0.1, 0.15) is 5.82 Å². The van der Waals surface area contributed by atoms with Gasteiger partial charge in [-0.3, -0.25) is 4.79 Å². The first-order valence-electron chi connectivity index (χ1n) is 8.26. The quantitative estimate of drug-likeness (QED) is 0.562. The average Bonchev–Trinajstić information content (AvgIpc) is 3.12. The molecule has 11 heteroatoms. The Hall–Kier alpha value is -3.21. The van der Waals surface area contributed by atoms with Crippen LogP contribution in [0.1, 0.15) is 5.56 Å². The van der Waals surface area contributed by atoms with Crippen molar-refractivity contribution in [1.29, 1.82) is 0 Å². The van der Waals surface area contributed by atoms with Gasteiger partial charge in [-0.25, -0.2) is 13.6 Å². The molecule has 0 spiro atoms. The molecule has 3 aromatic rings. The molecule has 0 bridgehead atoms. The van der Waals surface area contributed by atoms with Crippen LogP contribution in [0.3, 0.4) is 0 Å². The number of rotatable bonds is 6. The van der Waals surface area contributed by atoms with Crippen molar-refractivity contribution < 1.29 is 23.1 Å². The number of halogens is 3. The summed E-state index contributed by atoms with van der Waals surface area (Å²) in [6.07, 6.45) is 0. The molecule has 29 heavy (non-hydrogen) atoms. The molecule has 0 saturated heterocycles. The fourth-order valence-corrected chi connectivity index (χ4v) is 2.78. The van der Waals surface area contributed by atoms with Crippen LogP contribution in [0.15, 0.2) is 40.9 Å². The van der Waals surface area contributed by atoms with Gasteiger partial charge in [-0.15, -0.1) is 10.2 Å². The van der Waals surface area contributed by atoms with Gasteiger partial charge in [-0.1, -0.05) is 29.8 Å². The zero-order valence-electron chi connectivity index (χ0n) is 15.0. The number of hydrogen-bond donors (Lipinski definition) is 1. The minimum absolute atomic E-state index is 0.0186. The smallest absolute Gasteiger partial charge is 0.330 e. The van der Waals surface area contributed by atoms with E-state index in [2.05, 4.69) is 36.7 Å². The van der Waals surface area contributed by atoms with E-state index in [0.29, 0.717) is 11.9 Å². The van der Waals surface area contributed by atoms with E-state index in [1.54, 1.807) is 0 Å². The molecule has 0 unspecified atom stereocenters. The molecule has 0 aliphatic rings.